The van der Waals surface area contributed by atoms with E-state index in [4.69, 9.17) is 11.6 Å². The van der Waals surface area contributed by atoms with Crippen molar-refractivity contribution in [1.29, 1.82) is 0 Å². The molecule has 2 aromatic rings. The molecule has 3 heterocycles. The van der Waals surface area contributed by atoms with E-state index in [1.165, 1.54) is 6.07 Å². The number of nitrogens with zero attached hydrogens (tertiary/aromatic N) is 5. The van der Waals surface area contributed by atoms with Gasteiger partial charge in [-0.1, -0.05) is 17.7 Å². The number of benzene rings is 1. The molecule has 1 amide bonds. The summed E-state index contributed by atoms with van der Waals surface area (Å²) in [5.41, 5.74) is 0.277. The first-order valence-corrected chi connectivity index (χ1v) is 10.3. The third-order valence-corrected chi connectivity index (χ3v) is 6.31. The maximum Gasteiger partial charge on any atom is 0.227 e. The molecule has 0 bridgehead atoms. The highest BCUT2D eigenvalue weighted by Gasteiger charge is 2.41. The highest BCUT2D eigenvalue weighted by atomic mass is 35.5. The van der Waals surface area contributed by atoms with Crippen LogP contribution in [0, 0.1) is 11.7 Å². The number of halogens is 2. The van der Waals surface area contributed by atoms with Crippen LogP contribution in [-0.2, 0) is 11.2 Å². The average Bonchev–Trinajstić information content (AvgIpc) is 3.14. The molecule has 0 spiro atoms. The smallest absolute Gasteiger partial charge is 0.227 e. The van der Waals surface area contributed by atoms with Crippen LogP contribution in [0.25, 0.3) is 0 Å². The van der Waals surface area contributed by atoms with E-state index < -0.39 is 5.82 Å². The van der Waals surface area contributed by atoms with Gasteiger partial charge in [-0.3, -0.25) is 4.79 Å². The third kappa shape index (κ3) is 3.88. The molecule has 0 aliphatic carbocycles. The molecule has 0 saturated carbocycles. The van der Waals surface area contributed by atoms with Crippen LogP contribution in [0.2, 0.25) is 5.02 Å². The molecular formula is C21H25ClFN5O. The Morgan fingerprint density at radius 2 is 2.00 bits per heavy atom. The van der Waals surface area contributed by atoms with Crippen molar-refractivity contribution in [1.82, 2.24) is 14.9 Å². The van der Waals surface area contributed by atoms with Crippen LogP contribution in [0.5, 0.6) is 0 Å². The van der Waals surface area contributed by atoms with Gasteiger partial charge in [-0.2, -0.15) is 0 Å². The van der Waals surface area contributed by atoms with Crippen molar-refractivity contribution in [2.24, 2.45) is 5.92 Å². The number of anilines is 2. The van der Waals surface area contributed by atoms with Gasteiger partial charge in [0.25, 0.3) is 0 Å². The van der Waals surface area contributed by atoms with Gasteiger partial charge in [0.05, 0.1) is 12.5 Å². The Kier molecular flexibility index (Phi) is 5.58. The average molecular weight is 418 g/mol. The number of amides is 1. The second-order valence-corrected chi connectivity index (χ2v) is 8.32. The first kappa shape index (κ1) is 19.9. The lowest BCUT2D eigenvalue weighted by Crippen LogP contribution is -2.50. The minimum atomic E-state index is -0.429. The van der Waals surface area contributed by atoms with Crippen LogP contribution in [0.4, 0.5) is 16.0 Å². The number of carbonyl (C=O) groups is 1. The van der Waals surface area contributed by atoms with Crippen LogP contribution in [0.15, 0.2) is 30.6 Å². The number of piperidine rings is 1. The predicted molar refractivity (Wildman–Crippen MR) is 112 cm³/mol. The molecule has 0 N–H and O–H groups in total. The topological polar surface area (TPSA) is 52.6 Å². The zero-order chi connectivity index (χ0) is 20.5. The van der Waals surface area contributed by atoms with Crippen molar-refractivity contribution in [2.75, 3.05) is 43.5 Å². The summed E-state index contributed by atoms with van der Waals surface area (Å²) in [6, 6.07) is 4.62. The molecule has 29 heavy (non-hydrogen) atoms. The summed E-state index contributed by atoms with van der Waals surface area (Å²) in [6.07, 6.45) is 5.36. The molecule has 2 aliphatic heterocycles. The van der Waals surface area contributed by atoms with Gasteiger partial charge in [0, 0.05) is 56.7 Å². The summed E-state index contributed by atoms with van der Waals surface area (Å²) in [5, 5.41) is 0.301. The number of hydrogen-bond donors (Lipinski definition) is 0. The van der Waals surface area contributed by atoms with Crippen molar-refractivity contribution >= 4 is 29.1 Å². The van der Waals surface area contributed by atoms with E-state index in [0.29, 0.717) is 24.0 Å². The van der Waals surface area contributed by atoms with Crippen molar-refractivity contribution in [3.8, 4) is 0 Å². The number of fused-ring (bicyclic) bond motifs is 1. The largest absolute Gasteiger partial charge is 0.360 e. The van der Waals surface area contributed by atoms with Gasteiger partial charge in [-0.05, 0) is 30.9 Å². The van der Waals surface area contributed by atoms with Crippen molar-refractivity contribution in [3.05, 3.63) is 47.0 Å². The summed E-state index contributed by atoms with van der Waals surface area (Å²) in [7, 11) is 3.90. The molecule has 2 unspecified atom stereocenters. The molecular weight excluding hydrogens is 393 g/mol. The van der Waals surface area contributed by atoms with Gasteiger partial charge in [-0.25, -0.2) is 14.4 Å². The Bertz CT molecular complexity index is 888. The minimum Gasteiger partial charge on any atom is -0.360 e. The van der Waals surface area contributed by atoms with E-state index in [9.17, 15) is 9.18 Å². The van der Waals surface area contributed by atoms with Gasteiger partial charge < -0.3 is 14.7 Å². The van der Waals surface area contributed by atoms with Crippen LogP contribution in [-0.4, -0.2) is 60.5 Å². The fourth-order valence-electron chi connectivity index (χ4n) is 4.46. The molecule has 2 atom stereocenters. The Morgan fingerprint density at radius 3 is 2.76 bits per heavy atom. The summed E-state index contributed by atoms with van der Waals surface area (Å²) in [4.78, 5) is 28.1. The van der Waals surface area contributed by atoms with Gasteiger partial charge in [0.1, 0.15) is 5.82 Å². The number of aromatic nitrogens is 2. The highest BCUT2D eigenvalue weighted by molar-refractivity contribution is 6.31. The fraction of sp³-hybridized carbons (Fsp3) is 0.476. The van der Waals surface area contributed by atoms with E-state index in [-0.39, 0.29) is 23.9 Å². The highest BCUT2D eigenvalue weighted by Crippen LogP contribution is 2.35. The number of likely N-dealkylation sites (tertiary alicyclic amines) is 1. The predicted octanol–water partition coefficient (Wildman–Crippen LogP) is 3.01. The molecule has 2 fully saturated rings. The molecule has 154 valence electrons. The summed E-state index contributed by atoms with van der Waals surface area (Å²) < 4.78 is 14.2. The van der Waals surface area contributed by atoms with Crippen molar-refractivity contribution in [2.45, 2.75) is 25.3 Å². The molecule has 1 aromatic heterocycles. The summed E-state index contributed by atoms with van der Waals surface area (Å²) >= 11 is 6.13. The number of hydrogen-bond acceptors (Lipinski definition) is 5. The fourth-order valence-corrected chi connectivity index (χ4v) is 4.69. The standard InChI is InChI=1S/C21H25ClFN5O/c1-26(2)20-21(25-9-8-24-20)27-10-6-14-7-11-28(18(14)13-27)19(29)12-15-16(22)4-3-5-17(15)23/h3-5,8-9,14,18H,6-7,10-13H2,1-2H3. The van der Waals surface area contributed by atoms with E-state index in [1.807, 2.05) is 23.9 Å². The van der Waals surface area contributed by atoms with Gasteiger partial charge in [0.2, 0.25) is 5.91 Å². The molecule has 8 heteroatoms. The first-order chi connectivity index (χ1) is 14.0. The van der Waals surface area contributed by atoms with Crippen LogP contribution < -0.4 is 9.80 Å². The van der Waals surface area contributed by atoms with E-state index >= 15 is 0 Å². The first-order valence-electron chi connectivity index (χ1n) is 9.91. The van der Waals surface area contributed by atoms with E-state index in [1.54, 1.807) is 24.5 Å². The van der Waals surface area contributed by atoms with Crippen molar-refractivity contribution < 1.29 is 9.18 Å². The van der Waals surface area contributed by atoms with Gasteiger partial charge >= 0.3 is 0 Å². The quantitative estimate of drug-likeness (QED) is 0.765. The van der Waals surface area contributed by atoms with Gasteiger partial charge in [0.15, 0.2) is 11.6 Å². The minimum absolute atomic E-state index is 0.0111. The second-order valence-electron chi connectivity index (χ2n) is 7.91. The van der Waals surface area contributed by atoms with Crippen LogP contribution >= 0.6 is 11.6 Å². The third-order valence-electron chi connectivity index (χ3n) is 5.96. The second kappa shape index (κ2) is 8.14. The lowest BCUT2D eigenvalue weighted by Gasteiger charge is -2.39. The van der Waals surface area contributed by atoms with E-state index in [0.717, 1.165) is 31.0 Å². The summed E-state index contributed by atoms with van der Waals surface area (Å²) in [6.45, 7) is 2.30. The zero-order valence-corrected chi connectivity index (χ0v) is 17.4. The molecule has 0 radical (unpaired) electrons. The molecule has 4 rings (SSSR count). The zero-order valence-electron chi connectivity index (χ0n) is 16.7. The SMILES string of the molecule is CN(C)c1nccnc1N1CCC2CCN(C(=O)Cc3c(F)cccc3Cl)C2C1. The monoisotopic (exact) mass is 417 g/mol. The Balaban J connectivity index is 1.53. The molecule has 1 aromatic carbocycles. The maximum atomic E-state index is 14.2. The normalized spacial score (nSPS) is 21.2. The Hall–Kier alpha value is -2.41. The Morgan fingerprint density at radius 1 is 1.24 bits per heavy atom. The lowest BCUT2D eigenvalue weighted by atomic mass is 9.92. The summed E-state index contributed by atoms with van der Waals surface area (Å²) in [5.74, 6) is 1.62. The Labute approximate surface area is 175 Å². The number of rotatable bonds is 4. The van der Waals surface area contributed by atoms with Crippen LogP contribution in [0.3, 0.4) is 0 Å². The van der Waals surface area contributed by atoms with Crippen LogP contribution in [0.1, 0.15) is 18.4 Å². The molecule has 2 saturated heterocycles. The van der Waals surface area contributed by atoms with Crippen molar-refractivity contribution in [3.63, 3.8) is 0 Å². The lowest BCUT2D eigenvalue weighted by molar-refractivity contribution is -0.131. The van der Waals surface area contributed by atoms with Gasteiger partial charge in [-0.15, -0.1) is 0 Å². The molecule has 2 aliphatic rings. The maximum absolute atomic E-state index is 14.2. The number of carbonyl (C=O) groups excluding carboxylic acids is 1. The molecule has 6 nitrogen and oxygen atoms in total. The van der Waals surface area contributed by atoms with E-state index in [2.05, 4.69) is 14.9 Å².